The number of hydrogen-bond acceptors (Lipinski definition) is 5. The zero-order valence-corrected chi connectivity index (χ0v) is 15.7. The molecule has 1 aliphatic carbocycles. The number of nitrogens with zero attached hydrogens (tertiary/aromatic N) is 4. The fraction of sp³-hybridized carbons (Fsp3) is 0.227. The number of rotatable bonds is 4. The quantitative estimate of drug-likeness (QED) is 0.574. The Labute approximate surface area is 163 Å². The van der Waals surface area contributed by atoms with Crippen molar-refractivity contribution in [1.82, 2.24) is 19.7 Å². The average molecular weight is 371 g/mol. The van der Waals surface area contributed by atoms with Gasteiger partial charge >= 0.3 is 0 Å². The third-order valence-corrected chi connectivity index (χ3v) is 5.33. The Hall–Kier alpha value is -3.41. The number of methoxy groups -OCH3 is 1. The molecule has 140 valence electrons. The van der Waals surface area contributed by atoms with Gasteiger partial charge in [-0.15, -0.1) is 0 Å². The fourth-order valence-electron chi connectivity index (χ4n) is 3.88. The third-order valence-electron chi connectivity index (χ3n) is 5.33. The van der Waals surface area contributed by atoms with E-state index in [9.17, 15) is 0 Å². The van der Waals surface area contributed by atoms with Crippen LogP contribution >= 0.6 is 0 Å². The lowest BCUT2D eigenvalue weighted by atomic mass is 9.90. The van der Waals surface area contributed by atoms with E-state index in [1.807, 2.05) is 35.1 Å². The van der Waals surface area contributed by atoms with E-state index in [0.717, 1.165) is 46.8 Å². The van der Waals surface area contributed by atoms with Crippen LogP contribution < -0.4 is 10.1 Å². The van der Waals surface area contributed by atoms with Crippen LogP contribution in [-0.4, -0.2) is 26.9 Å². The zero-order valence-electron chi connectivity index (χ0n) is 15.7. The van der Waals surface area contributed by atoms with Gasteiger partial charge in [-0.2, -0.15) is 5.10 Å². The van der Waals surface area contributed by atoms with Crippen LogP contribution in [0, 0.1) is 0 Å². The molecule has 1 aliphatic rings. The molecule has 1 N–H and O–H groups in total. The Morgan fingerprint density at radius 3 is 2.71 bits per heavy atom. The lowest BCUT2D eigenvalue weighted by Crippen LogP contribution is -2.07. The molecule has 28 heavy (non-hydrogen) atoms. The first-order valence-electron chi connectivity index (χ1n) is 9.54. The number of anilines is 2. The molecule has 0 amide bonds. The number of fused-ring (bicyclic) bond motifs is 2. The van der Waals surface area contributed by atoms with Gasteiger partial charge in [0, 0.05) is 5.69 Å². The summed E-state index contributed by atoms with van der Waals surface area (Å²) in [6.07, 6.45) is 8.17. The molecule has 0 bridgehead atoms. The summed E-state index contributed by atoms with van der Waals surface area (Å²) >= 11 is 0. The maximum absolute atomic E-state index is 5.24. The summed E-state index contributed by atoms with van der Waals surface area (Å²) in [6.45, 7) is 0. The van der Waals surface area contributed by atoms with Crippen molar-refractivity contribution >= 4 is 22.5 Å². The molecule has 4 aromatic rings. The summed E-state index contributed by atoms with van der Waals surface area (Å²) in [5.41, 5.74) is 5.68. The third kappa shape index (κ3) is 2.87. The second-order valence-electron chi connectivity index (χ2n) is 6.99. The summed E-state index contributed by atoms with van der Waals surface area (Å²) in [4.78, 5) is 8.96. The van der Waals surface area contributed by atoms with E-state index in [-0.39, 0.29) is 0 Å². The van der Waals surface area contributed by atoms with Crippen LogP contribution in [0.4, 0.5) is 11.5 Å². The van der Waals surface area contributed by atoms with Gasteiger partial charge in [-0.1, -0.05) is 12.1 Å². The van der Waals surface area contributed by atoms with E-state index in [1.165, 1.54) is 24.0 Å². The average Bonchev–Trinajstić information content (AvgIpc) is 3.19. The Morgan fingerprint density at radius 1 is 1.00 bits per heavy atom. The van der Waals surface area contributed by atoms with Crippen molar-refractivity contribution in [3.63, 3.8) is 0 Å². The van der Waals surface area contributed by atoms with Crippen molar-refractivity contribution in [3.8, 4) is 11.4 Å². The van der Waals surface area contributed by atoms with Crippen LogP contribution in [0.3, 0.4) is 0 Å². The van der Waals surface area contributed by atoms with E-state index in [0.29, 0.717) is 0 Å². The summed E-state index contributed by atoms with van der Waals surface area (Å²) in [6, 6.07) is 14.2. The van der Waals surface area contributed by atoms with Crippen molar-refractivity contribution in [3.05, 3.63) is 66.1 Å². The van der Waals surface area contributed by atoms with Crippen LogP contribution in [0.15, 0.2) is 55.0 Å². The number of ether oxygens (including phenoxy) is 1. The first-order valence-corrected chi connectivity index (χ1v) is 9.54. The van der Waals surface area contributed by atoms with E-state index < -0.39 is 0 Å². The van der Waals surface area contributed by atoms with Crippen molar-refractivity contribution in [1.29, 1.82) is 0 Å². The van der Waals surface area contributed by atoms with Gasteiger partial charge in [0.05, 0.1) is 24.4 Å². The molecule has 0 saturated heterocycles. The SMILES string of the molecule is COc1ccc(-n2ncc3c(Nc4cccc5c4CCCC5)ncnc32)cc1. The molecular formula is C22H21N5O. The van der Waals surface area contributed by atoms with Crippen molar-refractivity contribution < 1.29 is 4.74 Å². The van der Waals surface area contributed by atoms with Gasteiger partial charge in [0.25, 0.3) is 0 Å². The highest BCUT2D eigenvalue weighted by Crippen LogP contribution is 2.31. The highest BCUT2D eigenvalue weighted by molar-refractivity contribution is 5.89. The minimum atomic E-state index is 0.771. The molecule has 6 heteroatoms. The second kappa shape index (κ2) is 6.96. The number of aryl methyl sites for hydroxylation is 1. The van der Waals surface area contributed by atoms with Crippen LogP contribution in [0.5, 0.6) is 5.75 Å². The van der Waals surface area contributed by atoms with Gasteiger partial charge in [-0.25, -0.2) is 14.6 Å². The van der Waals surface area contributed by atoms with Gasteiger partial charge < -0.3 is 10.1 Å². The van der Waals surface area contributed by atoms with Gasteiger partial charge in [0.15, 0.2) is 5.65 Å². The standard InChI is InChI=1S/C22H21N5O/c1-28-17-11-9-16(10-12-17)27-22-19(13-25-27)21(23-14-24-22)26-20-8-4-6-15-5-2-3-7-18(15)20/h4,6,8-14H,2-3,5,7H2,1H3,(H,23,24,26). The number of benzene rings is 2. The topological polar surface area (TPSA) is 64.9 Å². The first kappa shape index (κ1) is 16.7. The lowest BCUT2D eigenvalue weighted by molar-refractivity contribution is 0.414. The van der Waals surface area contributed by atoms with Gasteiger partial charge in [0.1, 0.15) is 17.9 Å². The molecule has 2 heterocycles. The molecule has 0 fully saturated rings. The molecule has 6 nitrogen and oxygen atoms in total. The maximum atomic E-state index is 5.24. The summed E-state index contributed by atoms with van der Waals surface area (Å²) in [7, 11) is 1.66. The van der Waals surface area contributed by atoms with Crippen molar-refractivity contribution in [2.75, 3.05) is 12.4 Å². The Kier molecular flexibility index (Phi) is 4.16. The predicted octanol–water partition coefficient (Wildman–Crippen LogP) is 4.45. The maximum Gasteiger partial charge on any atom is 0.168 e. The minimum absolute atomic E-state index is 0.771. The minimum Gasteiger partial charge on any atom is -0.497 e. The molecular weight excluding hydrogens is 350 g/mol. The van der Waals surface area contributed by atoms with Crippen LogP contribution in [0.1, 0.15) is 24.0 Å². The Bertz CT molecular complexity index is 1130. The second-order valence-corrected chi connectivity index (χ2v) is 6.99. The summed E-state index contributed by atoms with van der Waals surface area (Å²) in [5, 5.41) is 8.97. The zero-order chi connectivity index (χ0) is 18.9. The van der Waals surface area contributed by atoms with E-state index >= 15 is 0 Å². The molecule has 5 rings (SSSR count). The van der Waals surface area contributed by atoms with E-state index in [2.05, 4.69) is 38.6 Å². The lowest BCUT2D eigenvalue weighted by Gasteiger charge is -2.20. The van der Waals surface area contributed by atoms with Crippen LogP contribution in [0.2, 0.25) is 0 Å². The smallest absolute Gasteiger partial charge is 0.168 e. The molecule has 2 aromatic carbocycles. The number of aromatic nitrogens is 4. The summed E-state index contributed by atoms with van der Waals surface area (Å²) in [5.74, 6) is 1.59. The Morgan fingerprint density at radius 2 is 1.86 bits per heavy atom. The summed E-state index contributed by atoms with van der Waals surface area (Å²) < 4.78 is 7.06. The predicted molar refractivity (Wildman–Crippen MR) is 110 cm³/mol. The molecule has 0 unspecified atom stereocenters. The van der Waals surface area contributed by atoms with Gasteiger partial charge in [0.2, 0.25) is 0 Å². The highest BCUT2D eigenvalue weighted by atomic mass is 16.5. The monoisotopic (exact) mass is 371 g/mol. The first-order chi connectivity index (χ1) is 13.8. The number of hydrogen-bond donors (Lipinski definition) is 1. The normalized spacial score (nSPS) is 13.3. The van der Waals surface area contributed by atoms with Gasteiger partial charge in [-0.3, -0.25) is 0 Å². The van der Waals surface area contributed by atoms with Crippen molar-refractivity contribution in [2.45, 2.75) is 25.7 Å². The highest BCUT2D eigenvalue weighted by Gasteiger charge is 2.16. The molecule has 0 aliphatic heterocycles. The molecule has 0 radical (unpaired) electrons. The van der Waals surface area contributed by atoms with Gasteiger partial charge in [-0.05, 0) is 67.1 Å². The largest absolute Gasteiger partial charge is 0.497 e. The molecule has 0 atom stereocenters. The van der Waals surface area contributed by atoms with Crippen molar-refractivity contribution in [2.24, 2.45) is 0 Å². The van der Waals surface area contributed by atoms with Crippen LogP contribution in [0.25, 0.3) is 16.7 Å². The fourth-order valence-corrected chi connectivity index (χ4v) is 3.88. The van der Waals surface area contributed by atoms with Crippen LogP contribution in [-0.2, 0) is 12.8 Å². The number of nitrogens with one attached hydrogen (secondary N) is 1. The van der Waals surface area contributed by atoms with E-state index in [4.69, 9.17) is 4.74 Å². The Balaban J connectivity index is 1.54. The van der Waals surface area contributed by atoms with E-state index in [1.54, 1.807) is 13.4 Å². The molecule has 2 aromatic heterocycles. The molecule has 0 spiro atoms. The molecule has 0 saturated carbocycles.